The standard InChI is InChI=1S/C19H20ClN5O2/c20-15-6-3-14(4-7-15)5-8-19(27)24-12-17(13-24)25-11-16(21-22-25)10-23-9-1-2-18(23)26/h3-8,11,17H,1-2,9-10,12-13H2/b8-5+. The van der Waals surface area contributed by atoms with E-state index in [-0.39, 0.29) is 17.9 Å². The van der Waals surface area contributed by atoms with Crippen LogP contribution in [-0.2, 0) is 16.1 Å². The molecule has 0 N–H and O–H groups in total. The second kappa shape index (κ2) is 7.52. The van der Waals surface area contributed by atoms with Crippen LogP contribution in [0.15, 0.2) is 36.5 Å². The molecule has 2 amide bonds. The lowest BCUT2D eigenvalue weighted by molar-refractivity contribution is -0.131. The summed E-state index contributed by atoms with van der Waals surface area (Å²) in [6.45, 7) is 2.51. The van der Waals surface area contributed by atoms with Crippen molar-refractivity contribution in [2.24, 2.45) is 0 Å². The van der Waals surface area contributed by atoms with Crippen molar-refractivity contribution in [2.45, 2.75) is 25.4 Å². The average Bonchev–Trinajstić information content (AvgIpc) is 3.23. The van der Waals surface area contributed by atoms with Crippen molar-refractivity contribution in [1.29, 1.82) is 0 Å². The SMILES string of the molecule is O=C(/C=C/c1ccc(Cl)cc1)N1CC(n2cc(CN3CCCC3=O)nn2)C1. The quantitative estimate of drug-likeness (QED) is 0.739. The van der Waals surface area contributed by atoms with E-state index in [1.807, 2.05) is 23.2 Å². The molecule has 27 heavy (non-hydrogen) atoms. The van der Waals surface area contributed by atoms with Crippen molar-refractivity contribution in [1.82, 2.24) is 24.8 Å². The molecule has 1 aromatic carbocycles. The number of carbonyl (C=O) groups excluding carboxylic acids is 2. The minimum atomic E-state index is -0.0239. The molecular weight excluding hydrogens is 366 g/mol. The van der Waals surface area contributed by atoms with Crippen molar-refractivity contribution in [2.75, 3.05) is 19.6 Å². The zero-order chi connectivity index (χ0) is 18.8. The highest BCUT2D eigenvalue weighted by Gasteiger charge is 2.32. The van der Waals surface area contributed by atoms with Gasteiger partial charge in [-0.15, -0.1) is 5.10 Å². The van der Waals surface area contributed by atoms with E-state index in [9.17, 15) is 9.59 Å². The minimum Gasteiger partial charge on any atom is -0.337 e. The maximum atomic E-state index is 12.2. The first kappa shape index (κ1) is 17.7. The molecule has 0 atom stereocenters. The number of aromatic nitrogens is 3. The molecule has 3 heterocycles. The predicted molar refractivity (Wildman–Crippen MR) is 101 cm³/mol. The Hall–Kier alpha value is -2.67. The Morgan fingerprint density at radius 1 is 1.26 bits per heavy atom. The molecule has 2 aliphatic heterocycles. The number of amides is 2. The summed E-state index contributed by atoms with van der Waals surface area (Å²) in [5.74, 6) is 0.154. The number of rotatable bonds is 5. The van der Waals surface area contributed by atoms with Gasteiger partial charge in [-0.05, 0) is 30.2 Å². The van der Waals surface area contributed by atoms with Crippen LogP contribution in [0.3, 0.4) is 0 Å². The molecule has 1 aromatic heterocycles. The van der Waals surface area contributed by atoms with E-state index >= 15 is 0 Å². The molecule has 2 fully saturated rings. The number of likely N-dealkylation sites (tertiary alicyclic amines) is 2. The smallest absolute Gasteiger partial charge is 0.246 e. The predicted octanol–water partition coefficient (Wildman–Crippen LogP) is 2.15. The first-order chi connectivity index (χ1) is 13.1. The Balaban J connectivity index is 1.28. The monoisotopic (exact) mass is 385 g/mol. The summed E-state index contributed by atoms with van der Waals surface area (Å²) in [4.78, 5) is 27.5. The maximum Gasteiger partial charge on any atom is 0.246 e. The number of hydrogen-bond acceptors (Lipinski definition) is 4. The molecule has 0 radical (unpaired) electrons. The third-order valence-electron chi connectivity index (χ3n) is 4.92. The van der Waals surface area contributed by atoms with Gasteiger partial charge < -0.3 is 9.80 Å². The first-order valence-corrected chi connectivity index (χ1v) is 9.37. The van der Waals surface area contributed by atoms with Crippen LogP contribution in [0.2, 0.25) is 5.02 Å². The maximum absolute atomic E-state index is 12.2. The van der Waals surface area contributed by atoms with Crippen LogP contribution in [0.25, 0.3) is 6.08 Å². The number of hydrogen-bond donors (Lipinski definition) is 0. The topological polar surface area (TPSA) is 71.3 Å². The lowest BCUT2D eigenvalue weighted by Crippen LogP contribution is -2.50. The Labute approximate surface area is 162 Å². The second-order valence-electron chi connectivity index (χ2n) is 6.89. The zero-order valence-corrected chi connectivity index (χ0v) is 15.5. The Bertz CT molecular complexity index is 870. The lowest BCUT2D eigenvalue weighted by Gasteiger charge is -2.38. The van der Waals surface area contributed by atoms with Gasteiger partial charge in [-0.2, -0.15) is 0 Å². The van der Waals surface area contributed by atoms with Crippen LogP contribution in [0.1, 0.15) is 30.1 Å². The average molecular weight is 386 g/mol. The highest BCUT2D eigenvalue weighted by molar-refractivity contribution is 6.30. The van der Waals surface area contributed by atoms with Crippen molar-refractivity contribution >= 4 is 29.5 Å². The Kier molecular flexibility index (Phi) is 4.94. The van der Waals surface area contributed by atoms with Crippen molar-refractivity contribution in [3.05, 3.63) is 52.8 Å². The summed E-state index contributed by atoms with van der Waals surface area (Å²) in [5, 5.41) is 8.99. The first-order valence-electron chi connectivity index (χ1n) is 8.99. The fourth-order valence-electron chi connectivity index (χ4n) is 3.28. The molecule has 4 rings (SSSR count). The summed E-state index contributed by atoms with van der Waals surface area (Å²) in [6.07, 6.45) is 6.77. The van der Waals surface area contributed by atoms with Crippen LogP contribution in [0.5, 0.6) is 0 Å². The molecule has 0 spiro atoms. The molecule has 2 aromatic rings. The molecule has 0 unspecified atom stereocenters. The number of halogens is 1. The van der Waals surface area contributed by atoms with E-state index in [0.717, 1.165) is 24.2 Å². The summed E-state index contributed by atoms with van der Waals surface area (Å²) >= 11 is 5.85. The Morgan fingerprint density at radius 3 is 2.74 bits per heavy atom. The van der Waals surface area contributed by atoms with Gasteiger partial charge in [0, 0.05) is 37.2 Å². The number of benzene rings is 1. The molecule has 0 bridgehead atoms. The van der Waals surface area contributed by atoms with Gasteiger partial charge in [-0.3, -0.25) is 9.59 Å². The molecular formula is C19H20ClN5O2. The minimum absolute atomic E-state index is 0.0239. The summed E-state index contributed by atoms with van der Waals surface area (Å²) in [5.41, 5.74) is 1.72. The highest BCUT2D eigenvalue weighted by Crippen LogP contribution is 2.22. The van der Waals surface area contributed by atoms with Gasteiger partial charge in [-0.25, -0.2) is 4.68 Å². The molecule has 2 saturated heterocycles. The van der Waals surface area contributed by atoms with Gasteiger partial charge in [0.1, 0.15) is 5.69 Å². The van der Waals surface area contributed by atoms with Crippen LogP contribution < -0.4 is 0 Å². The summed E-state index contributed by atoms with van der Waals surface area (Å²) in [6, 6.07) is 7.46. The number of carbonyl (C=O) groups is 2. The molecule has 0 saturated carbocycles. The molecule has 7 nitrogen and oxygen atoms in total. The fourth-order valence-corrected chi connectivity index (χ4v) is 3.41. The van der Waals surface area contributed by atoms with Crippen LogP contribution in [0.4, 0.5) is 0 Å². The van der Waals surface area contributed by atoms with Gasteiger partial charge in [-0.1, -0.05) is 28.9 Å². The zero-order valence-electron chi connectivity index (χ0n) is 14.8. The van der Waals surface area contributed by atoms with Crippen LogP contribution >= 0.6 is 11.6 Å². The van der Waals surface area contributed by atoms with Gasteiger partial charge >= 0.3 is 0 Å². The molecule has 140 valence electrons. The van der Waals surface area contributed by atoms with E-state index in [4.69, 9.17) is 11.6 Å². The summed E-state index contributed by atoms with van der Waals surface area (Å²) < 4.78 is 1.79. The van der Waals surface area contributed by atoms with Gasteiger partial charge in [0.25, 0.3) is 0 Å². The highest BCUT2D eigenvalue weighted by atomic mass is 35.5. The normalized spacial score (nSPS) is 17.7. The van der Waals surface area contributed by atoms with Gasteiger partial charge in [0.2, 0.25) is 11.8 Å². The van der Waals surface area contributed by atoms with Gasteiger partial charge in [0.05, 0.1) is 18.8 Å². The molecule has 0 aliphatic carbocycles. The van der Waals surface area contributed by atoms with Crippen molar-refractivity contribution in [3.8, 4) is 0 Å². The second-order valence-corrected chi connectivity index (χ2v) is 7.33. The summed E-state index contributed by atoms with van der Waals surface area (Å²) in [7, 11) is 0. The Morgan fingerprint density at radius 2 is 2.04 bits per heavy atom. The van der Waals surface area contributed by atoms with E-state index < -0.39 is 0 Å². The lowest BCUT2D eigenvalue weighted by atomic mass is 10.1. The van der Waals surface area contributed by atoms with Crippen LogP contribution in [-0.4, -0.2) is 56.2 Å². The molecule has 8 heteroatoms. The van der Waals surface area contributed by atoms with Crippen molar-refractivity contribution < 1.29 is 9.59 Å². The largest absolute Gasteiger partial charge is 0.337 e. The van der Waals surface area contributed by atoms with E-state index in [0.29, 0.717) is 31.1 Å². The van der Waals surface area contributed by atoms with Crippen molar-refractivity contribution in [3.63, 3.8) is 0 Å². The van der Waals surface area contributed by atoms with Crippen LogP contribution in [0, 0.1) is 0 Å². The van der Waals surface area contributed by atoms with Gasteiger partial charge in [0.15, 0.2) is 0 Å². The third-order valence-corrected chi connectivity index (χ3v) is 5.17. The number of nitrogens with zero attached hydrogens (tertiary/aromatic N) is 5. The third kappa shape index (κ3) is 4.03. The fraction of sp³-hybridized carbons (Fsp3) is 0.368. The van der Waals surface area contributed by atoms with E-state index in [2.05, 4.69) is 10.3 Å². The van der Waals surface area contributed by atoms with E-state index in [1.165, 1.54) is 0 Å². The molecule has 2 aliphatic rings. The van der Waals surface area contributed by atoms with E-state index in [1.54, 1.807) is 33.9 Å².